The van der Waals surface area contributed by atoms with Crippen LogP contribution in [0.1, 0.15) is 18.4 Å². The summed E-state index contributed by atoms with van der Waals surface area (Å²) >= 11 is 9.26. The largest absolute Gasteiger partial charge is 0.0922 e. The lowest BCUT2D eigenvalue weighted by molar-refractivity contribution is 0.888. The van der Waals surface area contributed by atoms with Gasteiger partial charge in [-0.25, -0.2) is 0 Å². The van der Waals surface area contributed by atoms with E-state index < -0.39 is 0 Å². The van der Waals surface area contributed by atoms with E-state index in [9.17, 15) is 0 Å². The molecule has 60 valence electrons. The lowest BCUT2D eigenvalue weighted by Gasteiger charge is -2.06. The Hall–Kier alpha value is -0.0100. The summed E-state index contributed by atoms with van der Waals surface area (Å²) in [4.78, 5) is 0. The molecule has 0 heterocycles. The third-order valence-electron chi connectivity index (χ3n) is 1.65. The Morgan fingerprint density at radius 1 is 1.55 bits per heavy atom. The molecule has 0 fully saturated rings. The van der Waals surface area contributed by atoms with Gasteiger partial charge in [0.1, 0.15) is 0 Å². The molecule has 11 heavy (non-hydrogen) atoms. The summed E-state index contributed by atoms with van der Waals surface area (Å²) < 4.78 is 0. The first-order valence-electron chi connectivity index (χ1n) is 3.55. The number of halogens is 2. The highest BCUT2D eigenvalue weighted by Crippen LogP contribution is 2.20. The molecule has 0 radical (unpaired) electrons. The summed E-state index contributed by atoms with van der Waals surface area (Å²) in [5, 5.41) is 1.79. The Labute approximate surface area is 80.7 Å². The van der Waals surface area contributed by atoms with E-state index in [1.165, 1.54) is 5.56 Å². The fraction of sp³-hybridized carbons (Fsp3) is 0.333. The molecule has 0 unspecified atom stereocenters. The molecule has 0 aliphatic heterocycles. The quantitative estimate of drug-likeness (QED) is 0.681. The van der Waals surface area contributed by atoms with E-state index in [4.69, 9.17) is 11.6 Å². The molecule has 1 rings (SSSR count). The predicted octanol–water partition coefficient (Wildman–Crippen LogP) is 3.84. The zero-order valence-electron chi connectivity index (χ0n) is 6.35. The van der Waals surface area contributed by atoms with Crippen LogP contribution in [0.15, 0.2) is 24.3 Å². The average Bonchev–Trinajstić information content (AvgIpc) is 2.03. The molecule has 1 aromatic rings. The Bertz CT molecular complexity index is 235. The Morgan fingerprint density at radius 2 is 2.27 bits per heavy atom. The van der Waals surface area contributed by atoms with Crippen LogP contribution in [-0.4, -0.2) is 5.33 Å². The molecule has 1 atom stereocenters. The van der Waals surface area contributed by atoms with E-state index in [-0.39, 0.29) is 0 Å². The van der Waals surface area contributed by atoms with Crippen LogP contribution < -0.4 is 0 Å². The van der Waals surface area contributed by atoms with Gasteiger partial charge in [0, 0.05) is 10.4 Å². The van der Waals surface area contributed by atoms with Gasteiger partial charge in [0.2, 0.25) is 0 Å². The number of benzene rings is 1. The monoisotopic (exact) mass is 232 g/mol. The second-order valence-electron chi connectivity index (χ2n) is 2.61. The summed E-state index contributed by atoms with van der Waals surface area (Å²) in [5.41, 5.74) is 1.29. The molecule has 0 saturated heterocycles. The topological polar surface area (TPSA) is 0 Å². The molecule has 0 aliphatic carbocycles. The third kappa shape index (κ3) is 2.49. The zero-order valence-corrected chi connectivity index (χ0v) is 8.69. The van der Waals surface area contributed by atoms with E-state index in [2.05, 4.69) is 28.9 Å². The highest BCUT2D eigenvalue weighted by molar-refractivity contribution is 9.09. The van der Waals surface area contributed by atoms with Crippen molar-refractivity contribution < 1.29 is 0 Å². The van der Waals surface area contributed by atoms with Gasteiger partial charge in [-0.3, -0.25) is 0 Å². The van der Waals surface area contributed by atoms with E-state index >= 15 is 0 Å². The van der Waals surface area contributed by atoms with Crippen molar-refractivity contribution >= 4 is 27.5 Å². The van der Waals surface area contributed by atoms with Gasteiger partial charge in [-0.2, -0.15) is 0 Å². The lowest BCUT2D eigenvalue weighted by atomic mass is 10.0. The number of hydrogen-bond acceptors (Lipinski definition) is 0. The van der Waals surface area contributed by atoms with Gasteiger partial charge in [0.15, 0.2) is 0 Å². The van der Waals surface area contributed by atoms with Crippen LogP contribution >= 0.6 is 27.5 Å². The minimum Gasteiger partial charge on any atom is -0.0922 e. The van der Waals surface area contributed by atoms with Crippen molar-refractivity contribution in [1.29, 1.82) is 0 Å². The first-order chi connectivity index (χ1) is 5.24. The van der Waals surface area contributed by atoms with Crippen molar-refractivity contribution in [3.63, 3.8) is 0 Å². The molecule has 0 amide bonds. The van der Waals surface area contributed by atoms with Crippen LogP contribution in [-0.2, 0) is 0 Å². The second-order valence-corrected chi connectivity index (χ2v) is 3.69. The summed E-state index contributed by atoms with van der Waals surface area (Å²) in [6.45, 7) is 2.17. The molecular weight excluding hydrogens is 223 g/mol. The average molecular weight is 234 g/mol. The van der Waals surface area contributed by atoms with E-state index in [1.807, 2.05) is 18.2 Å². The maximum Gasteiger partial charge on any atom is 0.0408 e. The highest BCUT2D eigenvalue weighted by atomic mass is 79.9. The fourth-order valence-corrected chi connectivity index (χ4v) is 1.47. The third-order valence-corrected chi connectivity index (χ3v) is 2.86. The fourth-order valence-electron chi connectivity index (χ4n) is 0.902. The van der Waals surface area contributed by atoms with Crippen molar-refractivity contribution in [1.82, 2.24) is 0 Å². The molecule has 0 nitrogen and oxygen atoms in total. The minimum atomic E-state index is 0.536. The van der Waals surface area contributed by atoms with Crippen molar-refractivity contribution in [2.24, 2.45) is 0 Å². The first kappa shape index (κ1) is 9.08. The summed E-state index contributed by atoms with van der Waals surface area (Å²) in [6.07, 6.45) is 0. The van der Waals surface area contributed by atoms with Gasteiger partial charge in [-0.05, 0) is 23.6 Å². The number of alkyl halides is 1. The van der Waals surface area contributed by atoms with Gasteiger partial charge in [-0.15, -0.1) is 0 Å². The van der Waals surface area contributed by atoms with Crippen LogP contribution in [0.5, 0.6) is 0 Å². The number of rotatable bonds is 2. The van der Waals surface area contributed by atoms with Crippen molar-refractivity contribution in [3.05, 3.63) is 34.9 Å². The van der Waals surface area contributed by atoms with Crippen molar-refractivity contribution in [2.45, 2.75) is 12.8 Å². The SMILES string of the molecule is C[C@H](CBr)c1cccc(Cl)c1. The summed E-state index contributed by atoms with van der Waals surface area (Å²) in [7, 11) is 0. The van der Waals surface area contributed by atoms with Crippen LogP contribution in [0.4, 0.5) is 0 Å². The maximum atomic E-state index is 5.83. The molecule has 2 heteroatoms. The Kier molecular flexibility index (Phi) is 3.41. The van der Waals surface area contributed by atoms with Crippen molar-refractivity contribution in [3.8, 4) is 0 Å². The van der Waals surface area contributed by atoms with Crippen LogP contribution in [0.2, 0.25) is 5.02 Å². The van der Waals surface area contributed by atoms with E-state index in [1.54, 1.807) is 0 Å². The molecular formula is C9H10BrCl. The van der Waals surface area contributed by atoms with Gasteiger partial charge in [0.05, 0.1) is 0 Å². The predicted molar refractivity (Wildman–Crippen MR) is 53.7 cm³/mol. The van der Waals surface area contributed by atoms with Gasteiger partial charge >= 0.3 is 0 Å². The number of hydrogen-bond donors (Lipinski definition) is 0. The molecule has 0 spiro atoms. The van der Waals surface area contributed by atoms with Crippen LogP contribution in [0, 0.1) is 0 Å². The van der Waals surface area contributed by atoms with Gasteiger partial charge in [-0.1, -0.05) is 46.6 Å². The van der Waals surface area contributed by atoms with Crippen molar-refractivity contribution in [2.75, 3.05) is 5.33 Å². The normalized spacial score (nSPS) is 13.0. The van der Waals surface area contributed by atoms with Gasteiger partial charge < -0.3 is 0 Å². The summed E-state index contributed by atoms with van der Waals surface area (Å²) in [5.74, 6) is 0.536. The van der Waals surface area contributed by atoms with Gasteiger partial charge in [0.25, 0.3) is 0 Å². The van der Waals surface area contributed by atoms with Crippen LogP contribution in [0.3, 0.4) is 0 Å². The molecule has 0 aromatic heterocycles. The minimum absolute atomic E-state index is 0.536. The molecule has 0 bridgehead atoms. The maximum absolute atomic E-state index is 5.83. The van der Waals surface area contributed by atoms with E-state index in [0.717, 1.165) is 10.4 Å². The zero-order chi connectivity index (χ0) is 8.27. The summed E-state index contributed by atoms with van der Waals surface area (Å²) in [6, 6.07) is 7.98. The smallest absolute Gasteiger partial charge is 0.0408 e. The molecule has 0 N–H and O–H groups in total. The lowest BCUT2D eigenvalue weighted by Crippen LogP contribution is -1.92. The van der Waals surface area contributed by atoms with E-state index in [0.29, 0.717) is 5.92 Å². The Balaban J connectivity index is 2.86. The molecule has 0 saturated carbocycles. The van der Waals surface area contributed by atoms with Crippen LogP contribution in [0.25, 0.3) is 0 Å². The first-order valence-corrected chi connectivity index (χ1v) is 5.05. The highest BCUT2D eigenvalue weighted by Gasteiger charge is 2.02. The second kappa shape index (κ2) is 4.13. The Morgan fingerprint density at radius 3 is 2.82 bits per heavy atom. The standard InChI is InChI=1S/C9H10BrCl/c1-7(6-10)8-3-2-4-9(11)5-8/h2-5,7H,6H2,1H3/t7-/m1/s1. The molecule has 1 aromatic carbocycles. The molecule has 0 aliphatic rings.